The van der Waals surface area contributed by atoms with E-state index in [4.69, 9.17) is 0 Å². The summed E-state index contributed by atoms with van der Waals surface area (Å²) in [7, 11) is 5.02. The molecule has 0 saturated carbocycles. The molecule has 0 spiro atoms. The van der Waals surface area contributed by atoms with E-state index in [0.29, 0.717) is 0 Å². The Morgan fingerprint density at radius 1 is 1.08 bits per heavy atom. The van der Waals surface area contributed by atoms with Gasteiger partial charge in [-0.3, -0.25) is 14.9 Å². The van der Waals surface area contributed by atoms with Crippen LogP contribution in [0.2, 0.25) is 0 Å². The molecule has 0 bridgehead atoms. The van der Waals surface area contributed by atoms with Crippen molar-refractivity contribution in [3.8, 4) is 0 Å². The van der Waals surface area contributed by atoms with Crippen molar-refractivity contribution < 1.29 is 9.59 Å². The van der Waals surface area contributed by atoms with Crippen molar-refractivity contribution in [3.63, 3.8) is 0 Å². The zero-order valence-electron chi connectivity index (χ0n) is 15.2. The summed E-state index contributed by atoms with van der Waals surface area (Å²) >= 11 is 1.66. The highest BCUT2D eigenvalue weighted by molar-refractivity contribution is 7.10. The zero-order chi connectivity index (χ0) is 18.4. The second-order valence-electron chi connectivity index (χ2n) is 6.28. The molecule has 1 aromatic heterocycles. The zero-order valence-corrected chi connectivity index (χ0v) is 16.0. The van der Waals surface area contributed by atoms with E-state index in [0.717, 1.165) is 10.4 Å². The van der Waals surface area contributed by atoms with Gasteiger partial charge in [0.1, 0.15) is 0 Å². The molecule has 0 aliphatic heterocycles. The number of carbonyl (C=O) groups is 2. The van der Waals surface area contributed by atoms with Gasteiger partial charge in [0.25, 0.3) is 0 Å². The molecule has 1 atom stereocenters. The molecule has 2 aromatic rings. The van der Waals surface area contributed by atoms with Crippen LogP contribution in [0, 0.1) is 6.92 Å². The Labute approximate surface area is 153 Å². The summed E-state index contributed by atoms with van der Waals surface area (Å²) < 4.78 is 0. The predicted octanol–water partition coefficient (Wildman–Crippen LogP) is 2.28. The van der Waals surface area contributed by atoms with Crippen molar-refractivity contribution >= 4 is 23.2 Å². The summed E-state index contributed by atoms with van der Waals surface area (Å²) in [5.74, 6) is -0.201. The van der Waals surface area contributed by atoms with E-state index in [1.807, 2.05) is 11.4 Å². The number of nitrogens with zero attached hydrogens (tertiary/aromatic N) is 2. The lowest BCUT2D eigenvalue weighted by Gasteiger charge is -2.22. The van der Waals surface area contributed by atoms with E-state index in [-0.39, 0.29) is 30.9 Å². The summed E-state index contributed by atoms with van der Waals surface area (Å²) in [5, 5.41) is 5.37. The summed E-state index contributed by atoms with van der Waals surface area (Å²) in [6, 6.07) is 12.3. The van der Waals surface area contributed by atoms with Crippen LogP contribution in [0.5, 0.6) is 0 Å². The quantitative estimate of drug-likeness (QED) is 0.825. The fraction of sp³-hybridized carbons (Fsp3) is 0.368. The van der Waals surface area contributed by atoms with Gasteiger partial charge in [-0.05, 0) is 23.9 Å². The van der Waals surface area contributed by atoms with Crippen LogP contribution in [-0.2, 0) is 9.59 Å². The first-order valence-electron chi connectivity index (χ1n) is 8.16. The van der Waals surface area contributed by atoms with E-state index in [9.17, 15) is 9.59 Å². The van der Waals surface area contributed by atoms with Crippen LogP contribution in [0.1, 0.15) is 22.0 Å². The Morgan fingerprint density at radius 2 is 1.76 bits per heavy atom. The van der Waals surface area contributed by atoms with Gasteiger partial charge in [-0.1, -0.05) is 35.9 Å². The molecule has 25 heavy (non-hydrogen) atoms. The molecule has 5 nitrogen and oxygen atoms in total. The third-order valence-electron chi connectivity index (χ3n) is 3.99. The number of hydrogen-bond donors (Lipinski definition) is 1. The van der Waals surface area contributed by atoms with Gasteiger partial charge in [-0.25, -0.2) is 0 Å². The van der Waals surface area contributed by atoms with Gasteiger partial charge in [-0.15, -0.1) is 11.3 Å². The minimum Gasteiger partial charge on any atom is -0.347 e. The first-order chi connectivity index (χ1) is 11.9. The van der Waals surface area contributed by atoms with Crippen molar-refractivity contribution in [3.05, 3.63) is 57.8 Å². The van der Waals surface area contributed by atoms with Gasteiger partial charge in [-0.2, -0.15) is 0 Å². The molecule has 0 aliphatic rings. The summed E-state index contributed by atoms with van der Waals surface area (Å²) in [6.07, 6.45) is 0. The first kappa shape index (κ1) is 19.1. The van der Waals surface area contributed by atoms with Gasteiger partial charge < -0.3 is 9.80 Å². The fourth-order valence-electron chi connectivity index (χ4n) is 2.35. The van der Waals surface area contributed by atoms with Crippen LogP contribution < -0.4 is 5.32 Å². The number of thiophene rings is 1. The van der Waals surface area contributed by atoms with E-state index < -0.39 is 0 Å². The molecule has 0 saturated heterocycles. The van der Waals surface area contributed by atoms with Crippen LogP contribution in [0.25, 0.3) is 0 Å². The van der Waals surface area contributed by atoms with Crippen molar-refractivity contribution in [1.29, 1.82) is 0 Å². The average Bonchev–Trinajstić information content (AvgIpc) is 3.10. The van der Waals surface area contributed by atoms with Crippen molar-refractivity contribution in [1.82, 2.24) is 15.1 Å². The summed E-state index contributed by atoms with van der Waals surface area (Å²) in [6.45, 7) is 2.31. The minimum absolute atomic E-state index is 0.0394. The number of carbonyl (C=O) groups excluding carboxylic acids is 2. The average molecular weight is 359 g/mol. The third-order valence-corrected chi connectivity index (χ3v) is 4.93. The molecule has 1 heterocycles. The number of nitrogens with one attached hydrogen (secondary N) is 1. The van der Waals surface area contributed by atoms with E-state index in [1.54, 1.807) is 32.5 Å². The normalized spacial score (nSPS) is 11.8. The number of aryl methyl sites for hydroxylation is 1. The lowest BCUT2D eigenvalue weighted by molar-refractivity contribution is -0.137. The second-order valence-corrected chi connectivity index (χ2v) is 7.26. The Hall–Kier alpha value is -2.18. The van der Waals surface area contributed by atoms with Crippen molar-refractivity contribution in [2.24, 2.45) is 0 Å². The molecule has 0 aliphatic carbocycles. The molecular formula is C19H25N3O2S. The fourth-order valence-corrected chi connectivity index (χ4v) is 3.18. The van der Waals surface area contributed by atoms with Gasteiger partial charge in [0, 0.05) is 26.0 Å². The van der Waals surface area contributed by atoms with E-state index in [1.165, 1.54) is 15.4 Å². The SMILES string of the molecule is Cc1ccc([C@H](NCC(=O)N(C)CC(=O)N(C)C)c2cccs2)cc1. The van der Waals surface area contributed by atoms with E-state index >= 15 is 0 Å². The predicted molar refractivity (Wildman–Crippen MR) is 102 cm³/mol. The lowest BCUT2D eigenvalue weighted by atomic mass is 10.0. The second kappa shape index (κ2) is 8.78. The Kier molecular flexibility index (Phi) is 6.73. The molecule has 2 rings (SSSR count). The Bertz CT molecular complexity index is 696. The maximum atomic E-state index is 12.4. The maximum absolute atomic E-state index is 12.4. The molecule has 6 heteroatoms. The maximum Gasteiger partial charge on any atom is 0.241 e. The topological polar surface area (TPSA) is 52.7 Å². The molecule has 2 amide bonds. The highest BCUT2D eigenvalue weighted by Gasteiger charge is 2.19. The molecule has 134 valence electrons. The van der Waals surface area contributed by atoms with Gasteiger partial charge in [0.05, 0.1) is 19.1 Å². The van der Waals surface area contributed by atoms with Gasteiger partial charge in [0.2, 0.25) is 11.8 Å². The number of likely N-dealkylation sites (N-methyl/N-ethyl adjacent to an activating group) is 2. The number of hydrogen-bond acceptors (Lipinski definition) is 4. The number of amides is 2. The standard InChI is InChI=1S/C19H25N3O2S/c1-14-7-9-15(10-8-14)19(16-6-5-11-25-16)20-12-17(23)22(4)13-18(24)21(2)3/h5-11,19-20H,12-13H2,1-4H3/t19-/m0/s1. The van der Waals surface area contributed by atoms with Crippen LogP contribution in [0.4, 0.5) is 0 Å². The monoisotopic (exact) mass is 359 g/mol. The molecular weight excluding hydrogens is 334 g/mol. The largest absolute Gasteiger partial charge is 0.347 e. The summed E-state index contributed by atoms with van der Waals surface area (Å²) in [4.78, 5) is 28.2. The number of benzene rings is 1. The van der Waals surface area contributed by atoms with Gasteiger partial charge in [0.15, 0.2) is 0 Å². The molecule has 1 N–H and O–H groups in total. The lowest BCUT2D eigenvalue weighted by Crippen LogP contribution is -2.42. The molecule has 0 radical (unpaired) electrons. The van der Waals surface area contributed by atoms with Crippen LogP contribution in [0.15, 0.2) is 41.8 Å². The minimum atomic E-state index is -0.108. The molecule has 0 unspecified atom stereocenters. The van der Waals surface area contributed by atoms with Crippen LogP contribution >= 0.6 is 11.3 Å². The molecule has 1 aromatic carbocycles. The summed E-state index contributed by atoms with van der Waals surface area (Å²) in [5.41, 5.74) is 2.32. The van der Waals surface area contributed by atoms with E-state index in [2.05, 4.69) is 42.6 Å². The Balaban J connectivity index is 2.04. The van der Waals surface area contributed by atoms with Crippen LogP contribution in [0.3, 0.4) is 0 Å². The number of rotatable bonds is 7. The first-order valence-corrected chi connectivity index (χ1v) is 9.04. The molecule has 0 fully saturated rings. The smallest absolute Gasteiger partial charge is 0.241 e. The Morgan fingerprint density at radius 3 is 2.32 bits per heavy atom. The third kappa shape index (κ3) is 5.41. The van der Waals surface area contributed by atoms with Crippen LogP contribution in [-0.4, -0.2) is 55.8 Å². The van der Waals surface area contributed by atoms with Gasteiger partial charge >= 0.3 is 0 Å². The highest BCUT2D eigenvalue weighted by Crippen LogP contribution is 2.26. The van der Waals surface area contributed by atoms with Crippen molar-refractivity contribution in [2.75, 3.05) is 34.2 Å². The highest BCUT2D eigenvalue weighted by atomic mass is 32.1. The van der Waals surface area contributed by atoms with Crippen molar-refractivity contribution in [2.45, 2.75) is 13.0 Å².